The van der Waals surface area contributed by atoms with E-state index in [0.717, 1.165) is 0 Å². The van der Waals surface area contributed by atoms with Gasteiger partial charge in [-0.25, -0.2) is 10.2 Å². The number of para-hydroxylation sites is 1. The summed E-state index contributed by atoms with van der Waals surface area (Å²) in [7, 11) is 0. The first kappa shape index (κ1) is 15.0. The Morgan fingerprint density at radius 2 is 2.00 bits per heavy atom. The first-order valence-corrected chi connectivity index (χ1v) is 6.17. The summed E-state index contributed by atoms with van der Waals surface area (Å²) < 4.78 is 5.15. The minimum atomic E-state index is -1.06. The van der Waals surface area contributed by atoms with Crippen molar-refractivity contribution in [1.82, 2.24) is 9.97 Å². The number of nitrogen functional groups attached to an aromatic ring is 2. The van der Waals surface area contributed by atoms with Crippen molar-refractivity contribution in [3.05, 3.63) is 35.9 Å². The van der Waals surface area contributed by atoms with E-state index < -0.39 is 12.6 Å². The van der Waals surface area contributed by atoms with Crippen molar-refractivity contribution in [2.45, 2.75) is 0 Å². The molecule has 0 spiro atoms. The topological polar surface area (TPSA) is 149 Å². The van der Waals surface area contributed by atoms with Gasteiger partial charge in [-0.1, -0.05) is 12.1 Å². The molecule has 0 radical (unpaired) electrons. The average molecular weight is 302 g/mol. The zero-order chi connectivity index (χ0) is 15.9. The molecule has 0 amide bonds. The largest absolute Gasteiger partial charge is 0.481 e. The lowest BCUT2D eigenvalue weighted by Gasteiger charge is -2.06. The second kappa shape index (κ2) is 6.88. The van der Waals surface area contributed by atoms with Crippen molar-refractivity contribution in [2.75, 3.05) is 23.5 Å². The van der Waals surface area contributed by atoms with Crippen LogP contribution in [0.15, 0.2) is 35.4 Å². The third-order valence-corrected chi connectivity index (χ3v) is 2.40. The number of ether oxygens (including phenoxy) is 1. The molecule has 2 rings (SSSR count). The summed E-state index contributed by atoms with van der Waals surface area (Å²) in [6.45, 7) is -0.437. The maximum atomic E-state index is 10.5. The molecular formula is C13H14N6O3. The number of aromatic nitrogens is 2. The van der Waals surface area contributed by atoms with E-state index in [9.17, 15) is 4.79 Å². The SMILES string of the molecule is Nc1cc(N)nc(NN=Cc2ccccc2OCC(=O)O)n1. The van der Waals surface area contributed by atoms with Crippen molar-refractivity contribution < 1.29 is 14.6 Å². The van der Waals surface area contributed by atoms with Gasteiger partial charge in [0.2, 0.25) is 5.95 Å². The van der Waals surface area contributed by atoms with Crippen LogP contribution in [0.5, 0.6) is 5.75 Å². The average Bonchev–Trinajstić information content (AvgIpc) is 2.45. The van der Waals surface area contributed by atoms with Gasteiger partial charge in [0.15, 0.2) is 6.61 Å². The highest BCUT2D eigenvalue weighted by atomic mass is 16.5. The minimum absolute atomic E-state index is 0.151. The smallest absolute Gasteiger partial charge is 0.341 e. The summed E-state index contributed by atoms with van der Waals surface area (Å²) in [6.07, 6.45) is 1.44. The minimum Gasteiger partial charge on any atom is -0.481 e. The maximum absolute atomic E-state index is 10.5. The number of hydrogen-bond acceptors (Lipinski definition) is 8. The van der Waals surface area contributed by atoms with Crippen LogP contribution in [0.2, 0.25) is 0 Å². The second-order valence-electron chi connectivity index (χ2n) is 4.13. The lowest BCUT2D eigenvalue weighted by atomic mass is 10.2. The fraction of sp³-hybridized carbons (Fsp3) is 0.0769. The molecule has 0 fully saturated rings. The number of carbonyl (C=O) groups is 1. The Hall–Kier alpha value is -3.36. The van der Waals surface area contributed by atoms with Crippen molar-refractivity contribution in [3.8, 4) is 5.75 Å². The maximum Gasteiger partial charge on any atom is 0.341 e. The molecular weight excluding hydrogens is 288 g/mol. The summed E-state index contributed by atoms with van der Waals surface area (Å²) in [5, 5.41) is 12.6. The number of rotatable bonds is 6. The van der Waals surface area contributed by atoms with Crippen LogP contribution in [-0.4, -0.2) is 33.9 Å². The van der Waals surface area contributed by atoms with Gasteiger partial charge in [-0.15, -0.1) is 0 Å². The van der Waals surface area contributed by atoms with E-state index in [2.05, 4.69) is 20.5 Å². The molecule has 9 nitrogen and oxygen atoms in total. The van der Waals surface area contributed by atoms with Gasteiger partial charge in [0, 0.05) is 11.6 Å². The first-order chi connectivity index (χ1) is 10.5. The van der Waals surface area contributed by atoms with Crippen LogP contribution in [0.1, 0.15) is 5.56 Å². The Bertz CT molecular complexity index is 684. The monoisotopic (exact) mass is 302 g/mol. The predicted octanol–water partition coefficient (Wildman–Crippen LogP) is 0.550. The summed E-state index contributed by atoms with van der Waals surface area (Å²) in [6, 6.07) is 8.27. The van der Waals surface area contributed by atoms with E-state index in [4.69, 9.17) is 21.3 Å². The highest BCUT2D eigenvalue weighted by Crippen LogP contribution is 2.16. The second-order valence-corrected chi connectivity index (χ2v) is 4.13. The molecule has 9 heteroatoms. The van der Waals surface area contributed by atoms with Crippen LogP contribution >= 0.6 is 0 Å². The fourth-order valence-corrected chi connectivity index (χ4v) is 1.55. The van der Waals surface area contributed by atoms with E-state index in [1.165, 1.54) is 12.3 Å². The molecule has 0 atom stereocenters. The van der Waals surface area contributed by atoms with Crippen molar-refractivity contribution in [2.24, 2.45) is 5.10 Å². The van der Waals surface area contributed by atoms with E-state index >= 15 is 0 Å². The van der Waals surface area contributed by atoms with E-state index in [-0.39, 0.29) is 17.6 Å². The molecule has 1 aromatic carbocycles. The van der Waals surface area contributed by atoms with Crippen LogP contribution < -0.4 is 21.6 Å². The summed E-state index contributed by atoms with van der Waals surface area (Å²) >= 11 is 0. The number of carboxylic acid groups (broad SMARTS) is 1. The zero-order valence-electron chi connectivity index (χ0n) is 11.4. The number of aliphatic carboxylic acids is 1. The van der Waals surface area contributed by atoms with Gasteiger partial charge in [0.25, 0.3) is 0 Å². The Labute approximate surface area is 125 Å². The molecule has 114 valence electrons. The number of nitrogens with two attached hydrogens (primary N) is 2. The van der Waals surface area contributed by atoms with Crippen LogP contribution in [0.4, 0.5) is 17.6 Å². The Morgan fingerprint density at radius 1 is 1.32 bits per heavy atom. The van der Waals surface area contributed by atoms with Crippen LogP contribution in [0.25, 0.3) is 0 Å². The molecule has 6 N–H and O–H groups in total. The molecule has 0 saturated heterocycles. The molecule has 0 aliphatic rings. The Balaban J connectivity index is 2.08. The molecule has 2 aromatic rings. The lowest BCUT2D eigenvalue weighted by molar-refractivity contribution is -0.139. The van der Waals surface area contributed by atoms with Crippen LogP contribution in [0, 0.1) is 0 Å². The van der Waals surface area contributed by atoms with Gasteiger partial charge in [-0.3, -0.25) is 0 Å². The fourth-order valence-electron chi connectivity index (χ4n) is 1.55. The zero-order valence-corrected chi connectivity index (χ0v) is 11.4. The molecule has 1 aromatic heterocycles. The third kappa shape index (κ3) is 4.34. The van der Waals surface area contributed by atoms with Gasteiger partial charge in [-0.2, -0.15) is 15.1 Å². The van der Waals surface area contributed by atoms with Crippen LogP contribution in [-0.2, 0) is 4.79 Å². The molecule has 0 aliphatic heterocycles. The highest BCUT2D eigenvalue weighted by Gasteiger charge is 2.04. The number of hydrazone groups is 1. The van der Waals surface area contributed by atoms with Gasteiger partial charge in [0.05, 0.1) is 6.21 Å². The highest BCUT2D eigenvalue weighted by molar-refractivity contribution is 5.84. The first-order valence-electron chi connectivity index (χ1n) is 6.17. The summed E-state index contributed by atoms with van der Waals surface area (Å²) in [4.78, 5) is 18.3. The Morgan fingerprint density at radius 3 is 2.68 bits per heavy atom. The van der Waals surface area contributed by atoms with Crippen molar-refractivity contribution in [1.29, 1.82) is 0 Å². The standard InChI is InChI=1S/C13H14N6O3/c14-10-5-11(15)18-13(17-10)19-16-6-8-3-1-2-4-9(8)22-7-12(20)21/h1-6H,7H2,(H,20,21)(H5,14,15,17,18,19). The van der Waals surface area contributed by atoms with Gasteiger partial charge in [-0.05, 0) is 12.1 Å². The quantitative estimate of drug-likeness (QED) is 0.446. The van der Waals surface area contributed by atoms with E-state index in [1.807, 2.05) is 0 Å². The van der Waals surface area contributed by atoms with Gasteiger partial charge >= 0.3 is 5.97 Å². The van der Waals surface area contributed by atoms with E-state index in [1.54, 1.807) is 24.3 Å². The number of hydrogen-bond donors (Lipinski definition) is 4. The summed E-state index contributed by atoms with van der Waals surface area (Å²) in [5.41, 5.74) is 14.2. The third-order valence-electron chi connectivity index (χ3n) is 2.40. The lowest BCUT2D eigenvalue weighted by Crippen LogP contribution is -2.10. The molecule has 1 heterocycles. The van der Waals surface area contributed by atoms with E-state index in [0.29, 0.717) is 11.3 Å². The number of carboxylic acids is 1. The normalized spacial score (nSPS) is 10.5. The van der Waals surface area contributed by atoms with Crippen molar-refractivity contribution >= 4 is 29.8 Å². The van der Waals surface area contributed by atoms with Gasteiger partial charge < -0.3 is 21.3 Å². The summed E-state index contributed by atoms with van der Waals surface area (Å²) in [5.74, 6) is -0.0829. The number of anilines is 3. The molecule has 22 heavy (non-hydrogen) atoms. The van der Waals surface area contributed by atoms with Crippen molar-refractivity contribution in [3.63, 3.8) is 0 Å². The number of nitrogens with one attached hydrogen (secondary N) is 1. The Kier molecular flexibility index (Phi) is 4.70. The van der Waals surface area contributed by atoms with Crippen LogP contribution in [0.3, 0.4) is 0 Å². The molecule has 0 saturated carbocycles. The van der Waals surface area contributed by atoms with Gasteiger partial charge in [0.1, 0.15) is 17.4 Å². The molecule has 0 bridgehead atoms. The molecule has 0 unspecified atom stereocenters. The number of benzene rings is 1. The number of nitrogens with zero attached hydrogens (tertiary/aromatic N) is 3. The molecule has 0 aliphatic carbocycles. The predicted molar refractivity (Wildman–Crippen MR) is 81.6 cm³/mol.